The van der Waals surface area contributed by atoms with E-state index in [9.17, 15) is 19.1 Å². The first-order valence-corrected chi connectivity index (χ1v) is 7.40. The van der Waals surface area contributed by atoms with Crippen molar-refractivity contribution in [3.05, 3.63) is 62.9 Å². The van der Waals surface area contributed by atoms with Gasteiger partial charge in [0, 0.05) is 29.5 Å². The Morgan fingerprint density at radius 3 is 2.58 bits per heavy atom. The van der Waals surface area contributed by atoms with Crippen LogP contribution in [0.3, 0.4) is 0 Å². The lowest BCUT2D eigenvalue weighted by Gasteiger charge is -2.17. The zero-order chi connectivity index (χ0) is 17.4. The number of fused-ring (bicyclic) bond motifs is 1. The number of nitrogens with zero attached hydrogens (tertiary/aromatic N) is 3. The second kappa shape index (κ2) is 6.01. The summed E-state index contributed by atoms with van der Waals surface area (Å²) in [5.41, 5.74) is -0.772. The molecule has 24 heavy (non-hydrogen) atoms. The molecule has 0 spiro atoms. The van der Waals surface area contributed by atoms with Gasteiger partial charge in [-0.05, 0) is 18.6 Å². The SMILES string of the molecule is CCc1c(C(=O)O)c(=O)c2cc(Cl)c(F)cc2n1-c1ncccn1. The minimum Gasteiger partial charge on any atom is -0.477 e. The van der Waals surface area contributed by atoms with E-state index in [0.29, 0.717) is 0 Å². The fourth-order valence-corrected chi connectivity index (χ4v) is 2.78. The number of carboxylic acids is 1. The molecule has 0 atom stereocenters. The highest BCUT2D eigenvalue weighted by Gasteiger charge is 2.23. The highest BCUT2D eigenvalue weighted by atomic mass is 35.5. The Kier molecular flexibility index (Phi) is 4.02. The van der Waals surface area contributed by atoms with E-state index in [0.717, 1.165) is 12.1 Å². The van der Waals surface area contributed by atoms with Gasteiger partial charge in [0.05, 0.1) is 10.5 Å². The van der Waals surface area contributed by atoms with Crippen molar-refractivity contribution >= 4 is 28.5 Å². The molecule has 1 N–H and O–H groups in total. The fourth-order valence-electron chi connectivity index (χ4n) is 2.62. The largest absolute Gasteiger partial charge is 0.477 e. The predicted octanol–water partition coefficient (Wildman–Crippen LogP) is 2.83. The van der Waals surface area contributed by atoms with Gasteiger partial charge < -0.3 is 5.11 Å². The molecule has 3 aromatic rings. The van der Waals surface area contributed by atoms with Crippen molar-refractivity contribution in [2.24, 2.45) is 0 Å². The van der Waals surface area contributed by atoms with E-state index in [1.54, 1.807) is 13.0 Å². The molecule has 0 fully saturated rings. The number of aromatic nitrogens is 3. The van der Waals surface area contributed by atoms with Crippen LogP contribution in [-0.4, -0.2) is 25.6 Å². The molecule has 0 saturated carbocycles. The minimum absolute atomic E-state index is 0.0107. The Hall–Kier alpha value is -2.80. The minimum atomic E-state index is -1.37. The molecule has 0 aliphatic carbocycles. The van der Waals surface area contributed by atoms with E-state index < -0.39 is 22.8 Å². The van der Waals surface area contributed by atoms with Gasteiger partial charge in [0.15, 0.2) is 0 Å². The highest BCUT2D eigenvalue weighted by Crippen LogP contribution is 2.25. The number of hydrogen-bond donors (Lipinski definition) is 1. The summed E-state index contributed by atoms with van der Waals surface area (Å²) in [5, 5.41) is 9.20. The van der Waals surface area contributed by atoms with Crippen molar-refractivity contribution in [2.75, 3.05) is 0 Å². The number of hydrogen-bond acceptors (Lipinski definition) is 4. The van der Waals surface area contributed by atoms with E-state index in [4.69, 9.17) is 11.6 Å². The zero-order valence-corrected chi connectivity index (χ0v) is 13.2. The van der Waals surface area contributed by atoms with Crippen LogP contribution in [0.1, 0.15) is 23.0 Å². The lowest BCUT2D eigenvalue weighted by atomic mass is 10.1. The standard InChI is InChI=1S/C16H11ClFN3O3/c1-2-11-13(15(23)24)14(22)8-6-9(17)10(18)7-12(8)21(11)16-19-4-3-5-20-16/h3-7H,2H2,1H3,(H,23,24). The lowest BCUT2D eigenvalue weighted by molar-refractivity contribution is 0.0693. The third-order valence-electron chi connectivity index (χ3n) is 3.61. The normalized spacial score (nSPS) is 11.0. The quantitative estimate of drug-likeness (QED) is 0.787. The molecule has 3 rings (SSSR count). The fraction of sp³-hybridized carbons (Fsp3) is 0.125. The summed E-state index contributed by atoms with van der Waals surface area (Å²) in [6.07, 6.45) is 3.16. The molecule has 122 valence electrons. The molecule has 2 aromatic heterocycles. The van der Waals surface area contributed by atoms with Crippen molar-refractivity contribution < 1.29 is 14.3 Å². The monoisotopic (exact) mass is 347 g/mol. The van der Waals surface area contributed by atoms with Crippen LogP contribution in [0.15, 0.2) is 35.4 Å². The number of halogens is 2. The summed E-state index contributed by atoms with van der Waals surface area (Å²) >= 11 is 5.76. The van der Waals surface area contributed by atoms with Gasteiger partial charge in [-0.1, -0.05) is 18.5 Å². The summed E-state index contributed by atoms with van der Waals surface area (Å²) in [6.45, 7) is 1.69. The van der Waals surface area contributed by atoms with Gasteiger partial charge in [-0.25, -0.2) is 19.2 Å². The molecule has 6 nitrogen and oxygen atoms in total. The van der Waals surface area contributed by atoms with E-state index in [1.807, 2.05) is 0 Å². The average molecular weight is 348 g/mol. The van der Waals surface area contributed by atoms with Crippen molar-refractivity contribution in [1.82, 2.24) is 14.5 Å². The Balaban J connectivity index is 2.61. The van der Waals surface area contributed by atoms with Gasteiger partial charge in [-0.2, -0.15) is 0 Å². The van der Waals surface area contributed by atoms with Crippen molar-refractivity contribution in [2.45, 2.75) is 13.3 Å². The van der Waals surface area contributed by atoms with E-state index in [1.165, 1.54) is 17.0 Å². The first-order valence-electron chi connectivity index (χ1n) is 7.03. The summed E-state index contributed by atoms with van der Waals surface area (Å²) in [6, 6.07) is 3.80. The molecule has 8 heteroatoms. The second-order valence-corrected chi connectivity index (χ2v) is 5.38. The molecule has 0 unspecified atom stereocenters. The van der Waals surface area contributed by atoms with Crippen LogP contribution in [0.5, 0.6) is 0 Å². The van der Waals surface area contributed by atoms with E-state index in [-0.39, 0.29) is 34.0 Å². The molecular weight excluding hydrogens is 337 g/mol. The maximum absolute atomic E-state index is 14.0. The molecule has 0 aliphatic rings. The number of rotatable bonds is 3. The summed E-state index contributed by atoms with van der Waals surface area (Å²) in [7, 11) is 0. The van der Waals surface area contributed by atoms with Gasteiger partial charge in [-0.3, -0.25) is 9.36 Å². The van der Waals surface area contributed by atoms with Crippen LogP contribution in [0, 0.1) is 5.82 Å². The number of carboxylic acid groups (broad SMARTS) is 1. The first kappa shape index (κ1) is 16.1. The summed E-state index contributed by atoms with van der Waals surface area (Å²) in [5.74, 6) is -1.95. The summed E-state index contributed by atoms with van der Waals surface area (Å²) < 4.78 is 15.3. The average Bonchev–Trinajstić information content (AvgIpc) is 2.56. The van der Waals surface area contributed by atoms with Crippen LogP contribution < -0.4 is 5.43 Å². The Labute approximate surface area is 140 Å². The van der Waals surface area contributed by atoms with Gasteiger partial charge >= 0.3 is 5.97 Å². The molecule has 0 radical (unpaired) electrons. The van der Waals surface area contributed by atoms with Crippen molar-refractivity contribution in [3.63, 3.8) is 0 Å². The molecule has 0 bridgehead atoms. The molecule has 0 aliphatic heterocycles. The van der Waals surface area contributed by atoms with Crippen LogP contribution >= 0.6 is 11.6 Å². The zero-order valence-electron chi connectivity index (χ0n) is 12.5. The van der Waals surface area contributed by atoms with Gasteiger partial charge in [-0.15, -0.1) is 0 Å². The maximum Gasteiger partial charge on any atom is 0.341 e. The maximum atomic E-state index is 14.0. The Bertz CT molecular complexity index is 1020. The number of pyridine rings is 1. The van der Waals surface area contributed by atoms with Gasteiger partial charge in [0.25, 0.3) is 0 Å². The molecule has 0 saturated heterocycles. The number of benzene rings is 1. The molecular formula is C16H11ClFN3O3. The van der Waals surface area contributed by atoms with Crippen molar-refractivity contribution in [3.8, 4) is 5.95 Å². The van der Waals surface area contributed by atoms with Gasteiger partial charge in [0.1, 0.15) is 11.4 Å². The second-order valence-electron chi connectivity index (χ2n) is 4.98. The summed E-state index contributed by atoms with van der Waals surface area (Å²) in [4.78, 5) is 32.4. The Morgan fingerprint density at radius 2 is 2.00 bits per heavy atom. The number of aromatic carboxylic acids is 1. The van der Waals surface area contributed by atoms with Crippen LogP contribution in [0.25, 0.3) is 16.9 Å². The lowest BCUT2D eigenvalue weighted by Crippen LogP contribution is -2.24. The molecule has 1 aromatic carbocycles. The predicted molar refractivity (Wildman–Crippen MR) is 86.4 cm³/mol. The van der Waals surface area contributed by atoms with E-state index >= 15 is 0 Å². The van der Waals surface area contributed by atoms with Gasteiger partial charge in [0.2, 0.25) is 11.4 Å². The first-order chi connectivity index (χ1) is 11.5. The topological polar surface area (TPSA) is 85.1 Å². The van der Waals surface area contributed by atoms with E-state index in [2.05, 4.69) is 9.97 Å². The highest BCUT2D eigenvalue weighted by molar-refractivity contribution is 6.31. The van der Waals surface area contributed by atoms with Crippen molar-refractivity contribution in [1.29, 1.82) is 0 Å². The molecule has 0 amide bonds. The smallest absolute Gasteiger partial charge is 0.341 e. The third-order valence-corrected chi connectivity index (χ3v) is 3.90. The Morgan fingerprint density at radius 1 is 1.33 bits per heavy atom. The molecule has 2 heterocycles. The van der Waals surface area contributed by atoms with Crippen LogP contribution in [0.2, 0.25) is 5.02 Å². The van der Waals surface area contributed by atoms with Crippen LogP contribution in [0.4, 0.5) is 4.39 Å². The number of carbonyl (C=O) groups is 1. The van der Waals surface area contributed by atoms with Crippen LogP contribution in [-0.2, 0) is 6.42 Å². The third kappa shape index (κ3) is 2.43.